The highest BCUT2D eigenvalue weighted by Gasteiger charge is 2.03. The molecule has 0 radical (unpaired) electrons. The Kier molecular flexibility index (Phi) is 7.68. The van der Waals surface area contributed by atoms with Gasteiger partial charge in [-0.3, -0.25) is 4.99 Å². The summed E-state index contributed by atoms with van der Waals surface area (Å²) >= 11 is 0. The molecule has 7 heteroatoms. The second kappa shape index (κ2) is 11.5. The van der Waals surface area contributed by atoms with Crippen molar-refractivity contribution in [3.8, 4) is 11.6 Å². The van der Waals surface area contributed by atoms with Crippen LogP contribution in [-0.4, -0.2) is 34.3 Å². The lowest BCUT2D eigenvalue weighted by Crippen LogP contribution is -2.37. The molecular weight excluding hydrogens is 412 g/mol. The van der Waals surface area contributed by atoms with Crippen molar-refractivity contribution in [1.82, 2.24) is 25.4 Å². The lowest BCUT2D eigenvalue weighted by Gasteiger charge is -2.13. The Balaban J connectivity index is 1.22. The molecule has 168 valence electrons. The van der Waals surface area contributed by atoms with E-state index in [1.54, 1.807) is 19.4 Å². The van der Waals surface area contributed by atoms with Crippen LogP contribution in [0.5, 0.6) is 5.88 Å². The number of nitrogens with zero attached hydrogens (tertiary/aromatic N) is 4. The molecule has 2 heterocycles. The number of pyridine rings is 1. The third kappa shape index (κ3) is 6.67. The van der Waals surface area contributed by atoms with E-state index in [0.29, 0.717) is 19.0 Å². The van der Waals surface area contributed by atoms with Gasteiger partial charge in [-0.05, 0) is 47.4 Å². The molecule has 0 aliphatic carbocycles. The van der Waals surface area contributed by atoms with E-state index in [4.69, 9.17) is 4.74 Å². The molecule has 0 saturated heterocycles. The van der Waals surface area contributed by atoms with Crippen LogP contribution in [0.3, 0.4) is 0 Å². The number of hydrogen-bond donors (Lipinski definition) is 2. The molecule has 2 aromatic carbocycles. The summed E-state index contributed by atoms with van der Waals surface area (Å²) in [6, 6.07) is 24.3. The molecular formula is C26H28N6O. The minimum atomic E-state index is 0.497. The van der Waals surface area contributed by atoms with Crippen molar-refractivity contribution in [3.63, 3.8) is 0 Å². The molecule has 2 N–H and O–H groups in total. The SMILES string of the molecule is CN=C(NCCc1ccc(-n2cccn2)cc1)NCc1ccnc(OCc2ccccc2)c1. The number of ether oxygens (including phenoxy) is 1. The quantitative estimate of drug-likeness (QED) is 0.306. The highest BCUT2D eigenvalue weighted by atomic mass is 16.5. The van der Waals surface area contributed by atoms with Gasteiger partial charge in [-0.1, -0.05) is 42.5 Å². The lowest BCUT2D eigenvalue weighted by atomic mass is 10.1. The monoisotopic (exact) mass is 440 g/mol. The molecule has 0 unspecified atom stereocenters. The van der Waals surface area contributed by atoms with Crippen molar-refractivity contribution >= 4 is 5.96 Å². The van der Waals surface area contributed by atoms with Crippen LogP contribution in [0.25, 0.3) is 5.69 Å². The van der Waals surface area contributed by atoms with Crippen LogP contribution >= 0.6 is 0 Å². The predicted octanol–water partition coefficient (Wildman–Crippen LogP) is 3.75. The molecule has 0 aliphatic heterocycles. The van der Waals surface area contributed by atoms with Crippen molar-refractivity contribution in [2.75, 3.05) is 13.6 Å². The van der Waals surface area contributed by atoms with Crippen molar-refractivity contribution < 1.29 is 4.74 Å². The Labute approximate surface area is 194 Å². The first kappa shape index (κ1) is 22.1. The molecule has 0 amide bonds. The number of nitrogens with one attached hydrogen (secondary N) is 2. The number of benzene rings is 2. The molecule has 0 bridgehead atoms. The Morgan fingerprint density at radius 2 is 1.76 bits per heavy atom. The maximum Gasteiger partial charge on any atom is 0.213 e. The van der Waals surface area contributed by atoms with E-state index in [9.17, 15) is 0 Å². The summed E-state index contributed by atoms with van der Waals surface area (Å²) in [7, 11) is 1.77. The summed E-state index contributed by atoms with van der Waals surface area (Å²) in [4.78, 5) is 8.62. The lowest BCUT2D eigenvalue weighted by molar-refractivity contribution is 0.293. The van der Waals surface area contributed by atoms with Gasteiger partial charge in [0.05, 0.1) is 5.69 Å². The first-order chi connectivity index (χ1) is 16.3. The molecule has 0 aliphatic rings. The fourth-order valence-electron chi connectivity index (χ4n) is 3.34. The third-order valence-corrected chi connectivity index (χ3v) is 5.12. The second-order valence-electron chi connectivity index (χ2n) is 7.50. The minimum absolute atomic E-state index is 0.497. The largest absolute Gasteiger partial charge is 0.473 e. The molecule has 4 rings (SSSR count). The van der Waals surface area contributed by atoms with E-state index in [1.165, 1.54) is 5.56 Å². The fourth-order valence-corrected chi connectivity index (χ4v) is 3.34. The molecule has 2 aromatic heterocycles. The van der Waals surface area contributed by atoms with E-state index in [1.807, 2.05) is 59.4 Å². The van der Waals surface area contributed by atoms with Gasteiger partial charge < -0.3 is 15.4 Å². The van der Waals surface area contributed by atoms with E-state index < -0.39 is 0 Å². The van der Waals surface area contributed by atoms with Crippen LogP contribution < -0.4 is 15.4 Å². The van der Waals surface area contributed by atoms with Crippen molar-refractivity contribution in [1.29, 1.82) is 0 Å². The summed E-state index contributed by atoms with van der Waals surface area (Å²) in [6.07, 6.45) is 6.38. The maximum absolute atomic E-state index is 5.82. The van der Waals surface area contributed by atoms with Gasteiger partial charge in [-0.15, -0.1) is 0 Å². The Morgan fingerprint density at radius 3 is 2.52 bits per heavy atom. The van der Waals surface area contributed by atoms with E-state index in [0.717, 1.165) is 35.7 Å². The molecule has 0 saturated carbocycles. The van der Waals surface area contributed by atoms with Crippen LogP contribution in [0.4, 0.5) is 0 Å². The van der Waals surface area contributed by atoms with E-state index >= 15 is 0 Å². The number of guanidine groups is 1. The highest BCUT2D eigenvalue weighted by molar-refractivity contribution is 5.79. The van der Waals surface area contributed by atoms with Crippen molar-refractivity contribution in [2.24, 2.45) is 4.99 Å². The van der Waals surface area contributed by atoms with Gasteiger partial charge in [0.1, 0.15) is 6.61 Å². The van der Waals surface area contributed by atoms with Crippen LogP contribution in [0.15, 0.2) is 96.4 Å². The minimum Gasteiger partial charge on any atom is -0.473 e. The maximum atomic E-state index is 5.82. The molecule has 33 heavy (non-hydrogen) atoms. The molecule has 0 atom stereocenters. The van der Waals surface area contributed by atoms with Crippen LogP contribution in [0.2, 0.25) is 0 Å². The smallest absolute Gasteiger partial charge is 0.213 e. The molecule has 0 spiro atoms. The average molecular weight is 441 g/mol. The van der Waals surface area contributed by atoms with Crippen molar-refractivity contribution in [3.05, 3.63) is 108 Å². The second-order valence-corrected chi connectivity index (χ2v) is 7.50. The van der Waals surface area contributed by atoms with Crippen LogP contribution in [0, 0.1) is 0 Å². The van der Waals surface area contributed by atoms with Crippen LogP contribution in [0.1, 0.15) is 16.7 Å². The first-order valence-corrected chi connectivity index (χ1v) is 11.0. The number of hydrogen-bond acceptors (Lipinski definition) is 4. The van der Waals surface area contributed by atoms with Gasteiger partial charge in [-0.25, -0.2) is 9.67 Å². The van der Waals surface area contributed by atoms with Crippen molar-refractivity contribution in [2.45, 2.75) is 19.6 Å². The summed E-state index contributed by atoms with van der Waals surface area (Å²) in [5.41, 5.74) is 4.50. The molecule has 4 aromatic rings. The summed E-state index contributed by atoms with van der Waals surface area (Å²) in [6.45, 7) is 1.90. The Bertz CT molecular complexity index is 1140. The molecule has 7 nitrogen and oxygen atoms in total. The van der Waals surface area contributed by atoms with E-state index in [-0.39, 0.29) is 0 Å². The average Bonchev–Trinajstić information content (AvgIpc) is 3.41. The highest BCUT2D eigenvalue weighted by Crippen LogP contribution is 2.12. The number of aliphatic imine (C=N–C) groups is 1. The van der Waals surface area contributed by atoms with E-state index in [2.05, 4.69) is 50.0 Å². The Hall–Kier alpha value is -4.13. The normalized spacial score (nSPS) is 11.2. The van der Waals surface area contributed by atoms with Crippen LogP contribution in [-0.2, 0) is 19.6 Å². The Morgan fingerprint density at radius 1 is 0.909 bits per heavy atom. The topological polar surface area (TPSA) is 76.4 Å². The third-order valence-electron chi connectivity index (χ3n) is 5.12. The number of rotatable bonds is 9. The standard InChI is InChI=1S/C26H28N6O/c1-27-26(29-16-12-21-8-10-24(11-9-21)32-17-5-14-31-32)30-19-23-13-15-28-25(18-23)33-20-22-6-3-2-4-7-22/h2-11,13-15,17-18H,12,16,19-20H2,1H3,(H2,27,29,30). The summed E-state index contributed by atoms with van der Waals surface area (Å²) in [5, 5.41) is 11.0. The van der Waals surface area contributed by atoms with Gasteiger partial charge >= 0.3 is 0 Å². The zero-order chi connectivity index (χ0) is 22.7. The fraction of sp³-hybridized carbons (Fsp3) is 0.192. The van der Waals surface area contributed by atoms with Gasteiger partial charge in [0.2, 0.25) is 5.88 Å². The van der Waals surface area contributed by atoms with Gasteiger partial charge in [0.15, 0.2) is 5.96 Å². The van der Waals surface area contributed by atoms with Gasteiger partial charge in [-0.2, -0.15) is 5.10 Å². The summed E-state index contributed by atoms with van der Waals surface area (Å²) in [5.74, 6) is 1.37. The predicted molar refractivity (Wildman–Crippen MR) is 130 cm³/mol. The van der Waals surface area contributed by atoms with Gasteiger partial charge in [0, 0.05) is 44.8 Å². The zero-order valence-corrected chi connectivity index (χ0v) is 18.7. The van der Waals surface area contributed by atoms with Gasteiger partial charge in [0.25, 0.3) is 0 Å². The number of aromatic nitrogens is 3. The first-order valence-electron chi connectivity index (χ1n) is 11.0. The summed E-state index contributed by atoms with van der Waals surface area (Å²) < 4.78 is 7.67. The zero-order valence-electron chi connectivity index (χ0n) is 18.7. The molecule has 0 fully saturated rings.